The molecule has 0 aliphatic carbocycles. The zero-order valence-corrected chi connectivity index (χ0v) is 14.6. The number of hydrogen-bond donors (Lipinski definition) is 0. The fraction of sp³-hybridized carbons (Fsp3) is 0.867. The SMILES string of the molecule is C=P(CC(C)C)(CC(C)(C)C)/N=C(/CC)N(C)C. The quantitative estimate of drug-likeness (QED) is 0.411. The topological polar surface area (TPSA) is 15.6 Å². The molecule has 0 amide bonds. The van der Waals surface area contributed by atoms with Gasteiger partial charge in [0, 0.05) is 20.5 Å². The van der Waals surface area contributed by atoms with Crippen LogP contribution in [0.5, 0.6) is 0 Å². The lowest BCUT2D eigenvalue weighted by atomic mass is 10.0. The molecule has 0 aliphatic heterocycles. The van der Waals surface area contributed by atoms with Gasteiger partial charge in [-0.25, -0.2) is 0 Å². The molecule has 1 atom stereocenters. The van der Waals surface area contributed by atoms with E-state index in [2.05, 4.69) is 66.8 Å². The highest BCUT2D eigenvalue weighted by Crippen LogP contribution is 2.52. The monoisotopic (exact) mass is 272 g/mol. The Bertz CT molecular complexity index is 322. The minimum atomic E-state index is -1.48. The fourth-order valence-corrected chi connectivity index (χ4v) is 6.64. The Morgan fingerprint density at radius 1 is 1.28 bits per heavy atom. The van der Waals surface area contributed by atoms with Gasteiger partial charge in [-0.1, -0.05) is 47.8 Å². The van der Waals surface area contributed by atoms with Crippen LogP contribution < -0.4 is 0 Å². The third kappa shape index (κ3) is 7.26. The van der Waals surface area contributed by atoms with Crippen molar-refractivity contribution < 1.29 is 0 Å². The van der Waals surface area contributed by atoms with E-state index < -0.39 is 7.04 Å². The van der Waals surface area contributed by atoms with E-state index in [-0.39, 0.29) is 0 Å². The highest BCUT2D eigenvalue weighted by atomic mass is 31.2. The van der Waals surface area contributed by atoms with Crippen molar-refractivity contribution >= 4 is 19.2 Å². The number of amidine groups is 1. The molecule has 0 bridgehead atoms. The first kappa shape index (κ1) is 17.8. The molecule has 0 saturated heterocycles. The zero-order chi connectivity index (χ0) is 14.6. The van der Waals surface area contributed by atoms with Crippen LogP contribution in [-0.4, -0.2) is 43.5 Å². The van der Waals surface area contributed by atoms with Gasteiger partial charge >= 0.3 is 0 Å². The van der Waals surface area contributed by atoms with Gasteiger partial charge in [0.15, 0.2) is 0 Å². The summed E-state index contributed by atoms with van der Waals surface area (Å²) in [5, 5.41) is 0. The van der Waals surface area contributed by atoms with Gasteiger partial charge in [-0.2, -0.15) is 0 Å². The van der Waals surface area contributed by atoms with E-state index in [0.29, 0.717) is 11.3 Å². The molecule has 0 N–H and O–H groups in total. The molecule has 0 spiro atoms. The average Bonchev–Trinajstić information content (AvgIpc) is 2.08. The van der Waals surface area contributed by atoms with Crippen molar-refractivity contribution in [3.05, 3.63) is 0 Å². The largest absolute Gasteiger partial charge is 0.366 e. The van der Waals surface area contributed by atoms with E-state index in [4.69, 9.17) is 4.76 Å². The van der Waals surface area contributed by atoms with E-state index in [1.165, 1.54) is 5.84 Å². The van der Waals surface area contributed by atoms with Crippen LogP contribution in [0.3, 0.4) is 0 Å². The molecule has 0 aromatic heterocycles. The van der Waals surface area contributed by atoms with Crippen LogP contribution in [0.4, 0.5) is 0 Å². The van der Waals surface area contributed by atoms with Crippen LogP contribution in [0.15, 0.2) is 4.76 Å². The van der Waals surface area contributed by atoms with Gasteiger partial charge in [-0.3, -0.25) is 4.76 Å². The molecule has 108 valence electrons. The fourth-order valence-electron chi connectivity index (χ4n) is 2.42. The molecular formula is C15H33N2P. The molecule has 0 heterocycles. The molecule has 0 aromatic rings. The standard InChI is InChI=1S/C15H33N2P/c1-10-14(17(7)8)16-18(9,11-13(2)3)12-15(4,5)6/h13H,9-12H2,1-8H3/b16-14-. The third-order valence-corrected chi connectivity index (χ3v) is 6.24. The van der Waals surface area contributed by atoms with E-state index in [1.54, 1.807) is 0 Å². The summed E-state index contributed by atoms with van der Waals surface area (Å²) in [5.41, 5.74) is 0.305. The van der Waals surface area contributed by atoms with E-state index in [1.807, 2.05) is 0 Å². The summed E-state index contributed by atoms with van der Waals surface area (Å²) in [4.78, 5) is 2.14. The second kappa shape index (κ2) is 6.80. The van der Waals surface area contributed by atoms with Crippen LogP contribution >= 0.6 is 7.04 Å². The molecular weight excluding hydrogens is 239 g/mol. The Labute approximate surface area is 115 Å². The first-order valence-corrected chi connectivity index (χ1v) is 9.26. The number of hydrogen-bond acceptors (Lipinski definition) is 1. The maximum Gasteiger partial charge on any atom is 0.102 e. The Hall–Kier alpha value is -0.230. The van der Waals surface area contributed by atoms with Crippen LogP contribution in [-0.2, 0) is 0 Å². The lowest BCUT2D eigenvalue weighted by Gasteiger charge is -2.31. The summed E-state index contributed by atoms with van der Waals surface area (Å²) < 4.78 is 5.09. The highest BCUT2D eigenvalue weighted by molar-refractivity contribution is 7.72. The smallest absolute Gasteiger partial charge is 0.102 e. The van der Waals surface area contributed by atoms with Crippen LogP contribution in [0.1, 0.15) is 48.0 Å². The van der Waals surface area contributed by atoms with Gasteiger partial charge < -0.3 is 4.90 Å². The van der Waals surface area contributed by atoms with Crippen molar-refractivity contribution in [3.8, 4) is 0 Å². The van der Waals surface area contributed by atoms with Crippen molar-refractivity contribution in [1.82, 2.24) is 4.90 Å². The van der Waals surface area contributed by atoms with E-state index in [9.17, 15) is 0 Å². The Kier molecular flexibility index (Phi) is 6.71. The first-order valence-electron chi connectivity index (χ1n) is 6.97. The summed E-state index contributed by atoms with van der Waals surface area (Å²) >= 11 is 0. The summed E-state index contributed by atoms with van der Waals surface area (Å²) in [6.07, 6.45) is 7.84. The minimum absolute atomic E-state index is 0.305. The molecule has 2 nitrogen and oxygen atoms in total. The predicted molar refractivity (Wildman–Crippen MR) is 89.5 cm³/mol. The zero-order valence-electron chi connectivity index (χ0n) is 13.7. The molecule has 0 aliphatic rings. The average molecular weight is 272 g/mol. The van der Waals surface area contributed by atoms with Crippen molar-refractivity contribution in [2.24, 2.45) is 16.1 Å². The summed E-state index contributed by atoms with van der Waals surface area (Å²) in [6, 6.07) is 0. The molecule has 0 rings (SSSR count). The predicted octanol–water partition coefficient (Wildman–Crippen LogP) is 4.42. The molecule has 0 fully saturated rings. The molecule has 1 unspecified atom stereocenters. The number of rotatable bonds is 5. The maximum absolute atomic E-state index is 5.09. The minimum Gasteiger partial charge on any atom is -0.366 e. The molecule has 18 heavy (non-hydrogen) atoms. The third-order valence-electron chi connectivity index (χ3n) is 2.63. The Balaban J connectivity index is 5.28. The van der Waals surface area contributed by atoms with Crippen molar-refractivity contribution in [3.63, 3.8) is 0 Å². The van der Waals surface area contributed by atoms with E-state index >= 15 is 0 Å². The second-order valence-corrected chi connectivity index (χ2v) is 10.2. The van der Waals surface area contributed by atoms with Gasteiger partial charge in [-0.05, 0) is 30.7 Å². The lowest BCUT2D eigenvalue weighted by Crippen LogP contribution is -2.22. The van der Waals surface area contributed by atoms with Crippen LogP contribution in [0.2, 0.25) is 0 Å². The van der Waals surface area contributed by atoms with Gasteiger partial charge in [0.2, 0.25) is 0 Å². The first-order chi connectivity index (χ1) is 7.99. The van der Waals surface area contributed by atoms with Gasteiger partial charge in [-0.15, -0.1) is 0 Å². The second-order valence-electron chi connectivity index (χ2n) is 7.15. The normalized spacial score (nSPS) is 16.8. The van der Waals surface area contributed by atoms with Crippen molar-refractivity contribution in [1.29, 1.82) is 0 Å². The summed E-state index contributed by atoms with van der Waals surface area (Å²) in [5.74, 6) is 1.87. The van der Waals surface area contributed by atoms with Gasteiger partial charge in [0.05, 0.1) is 0 Å². The van der Waals surface area contributed by atoms with Gasteiger partial charge in [0.1, 0.15) is 5.84 Å². The molecule has 0 aromatic carbocycles. The van der Waals surface area contributed by atoms with Gasteiger partial charge in [0.25, 0.3) is 0 Å². The van der Waals surface area contributed by atoms with E-state index in [0.717, 1.165) is 18.7 Å². The summed E-state index contributed by atoms with van der Waals surface area (Å²) in [7, 11) is 2.69. The molecule has 0 radical (unpaired) electrons. The highest BCUT2D eigenvalue weighted by Gasteiger charge is 2.24. The lowest BCUT2D eigenvalue weighted by molar-refractivity contribution is 0.475. The van der Waals surface area contributed by atoms with Crippen LogP contribution in [0.25, 0.3) is 0 Å². The Morgan fingerprint density at radius 3 is 2.06 bits per heavy atom. The summed E-state index contributed by atoms with van der Waals surface area (Å²) in [6.45, 7) is 13.6. The maximum atomic E-state index is 5.09. The van der Waals surface area contributed by atoms with Crippen LogP contribution in [0, 0.1) is 11.3 Å². The Morgan fingerprint density at radius 2 is 1.78 bits per heavy atom. The molecule has 0 saturated carbocycles. The number of nitrogens with zero attached hydrogens (tertiary/aromatic N) is 2. The molecule has 3 heteroatoms. The van der Waals surface area contributed by atoms with Crippen molar-refractivity contribution in [2.45, 2.75) is 48.0 Å². The van der Waals surface area contributed by atoms with Crippen molar-refractivity contribution in [2.75, 3.05) is 26.4 Å².